The van der Waals surface area contributed by atoms with Crippen LogP contribution in [0, 0.1) is 11.9 Å². The smallest absolute Gasteiger partial charge is 0.255 e. The van der Waals surface area contributed by atoms with E-state index >= 15 is 0 Å². The van der Waals surface area contributed by atoms with Crippen LogP contribution in [-0.4, -0.2) is 40.6 Å². The van der Waals surface area contributed by atoms with Crippen LogP contribution in [0.25, 0.3) is 0 Å². The molecule has 4 nitrogen and oxygen atoms in total. The molecular formula is C10H11FN2O2. The fourth-order valence-electron chi connectivity index (χ4n) is 1.54. The maximum absolute atomic E-state index is 12.5. The lowest BCUT2D eigenvalue weighted by Crippen LogP contribution is -2.51. The number of halogens is 1. The largest absolute Gasteiger partial charge is 0.396 e. The number of aromatic nitrogens is 1. The monoisotopic (exact) mass is 210 g/mol. The van der Waals surface area contributed by atoms with Gasteiger partial charge < -0.3 is 10.0 Å². The number of aliphatic hydroxyl groups excluding tert-OH is 1. The molecule has 0 aromatic carbocycles. The average molecular weight is 210 g/mol. The van der Waals surface area contributed by atoms with Crippen LogP contribution in [0.1, 0.15) is 10.4 Å². The van der Waals surface area contributed by atoms with Crippen LogP contribution in [0.2, 0.25) is 0 Å². The van der Waals surface area contributed by atoms with Crippen LogP contribution < -0.4 is 0 Å². The molecule has 80 valence electrons. The fourth-order valence-corrected chi connectivity index (χ4v) is 1.54. The van der Waals surface area contributed by atoms with Crippen molar-refractivity contribution in [2.75, 3.05) is 19.7 Å². The molecule has 1 N–H and O–H groups in total. The maximum Gasteiger partial charge on any atom is 0.255 e. The third-order valence-corrected chi connectivity index (χ3v) is 2.48. The zero-order valence-corrected chi connectivity index (χ0v) is 8.06. The highest BCUT2D eigenvalue weighted by Crippen LogP contribution is 2.17. The first-order chi connectivity index (χ1) is 7.20. The first kappa shape index (κ1) is 10.0. The van der Waals surface area contributed by atoms with Crippen molar-refractivity contribution in [3.8, 4) is 0 Å². The van der Waals surface area contributed by atoms with Gasteiger partial charge in [0.2, 0.25) is 5.95 Å². The molecule has 15 heavy (non-hydrogen) atoms. The van der Waals surface area contributed by atoms with Gasteiger partial charge in [0.05, 0.1) is 5.56 Å². The molecule has 1 amide bonds. The highest BCUT2D eigenvalue weighted by molar-refractivity contribution is 5.94. The van der Waals surface area contributed by atoms with Gasteiger partial charge in [-0.2, -0.15) is 4.39 Å². The van der Waals surface area contributed by atoms with Gasteiger partial charge in [-0.05, 0) is 12.1 Å². The van der Waals surface area contributed by atoms with E-state index in [1.165, 1.54) is 12.3 Å². The van der Waals surface area contributed by atoms with Crippen LogP contribution in [0.4, 0.5) is 4.39 Å². The van der Waals surface area contributed by atoms with E-state index in [1.807, 2.05) is 0 Å². The number of likely N-dealkylation sites (tertiary alicyclic amines) is 1. The van der Waals surface area contributed by atoms with Gasteiger partial charge in [0, 0.05) is 31.8 Å². The predicted octanol–water partition coefficient (Wildman–Crippen LogP) is 0.285. The Hall–Kier alpha value is -1.49. The number of carbonyl (C=O) groups excluding carboxylic acids is 1. The number of amides is 1. The lowest BCUT2D eigenvalue weighted by Gasteiger charge is -2.38. The zero-order valence-electron chi connectivity index (χ0n) is 8.06. The first-order valence-electron chi connectivity index (χ1n) is 4.72. The maximum atomic E-state index is 12.5. The summed E-state index contributed by atoms with van der Waals surface area (Å²) in [7, 11) is 0. The summed E-state index contributed by atoms with van der Waals surface area (Å²) in [5.74, 6) is -0.571. The second kappa shape index (κ2) is 3.94. The number of aliphatic hydroxyl groups is 1. The molecule has 1 aliphatic rings. The summed E-state index contributed by atoms with van der Waals surface area (Å²) in [5, 5.41) is 8.79. The Morgan fingerprint density at radius 2 is 2.33 bits per heavy atom. The molecule has 2 heterocycles. The Bertz CT molecular complexity index is 360. The molecule has 1 fully saturated rings. The second-order valence-corrected chi connectivity index (χ2v) is 3.63. The third-order valence-electron chi connectivity index (χ3n) is 2.48. The van der Waals surface area contributed by atoms with Gasteiger partial charge in [-0.25, -0.2) is 4.98 Å². The lowest BCUT2D eigenvalue weighted by atomic mass is 10.0. The van der Waals surface area contributed by atoms with Crippen LogP contribution in [0.3, 0.4) is 0 Å². The number of carbonyl (C=O) groups is 1. The Labute approximate surface area is 86.4 Å². The Morgan fingerprint density at radius 3 is 2.87 bits per heavy atom. The fraction of sp³-hybridized carbons (Fsp3) is 0.400. The van der Waals surface area contributed by atoms with Crippen LogP contribution in [0.15, 0.2) is 18.3 Å². The minimum Gasteiger partial charge on any atom is -0.396 e. The van der Waals surface area contributed by atoms with E-state index in [2.05, 4.69) is 4.98 Å². The van der Waals surface area contributed by atoms with Gasteiger partial charge in [0.15, 0.2) is 0 Å². The van der Waals surface area contributed by atoms with Gasteiger partial charge in [0.25, 0.3) is 5.91 Å². The van der Waals surface area contributed by atoms with Crippen molar-refractivity contribution in [3.05, 3.63) is 29.8 Å². The third kappa shape index (κ3) is 1.97. The summed E-state index contributed by atoms with van der Waals surface area (Å²) in [4.78, 5) is 16.7. The lowest BCUT2D eigenvalue weighted by molar-refractivity contribution is 0.0361. The summed E-state index contributed by atoms with van der Waals surface area (Å²) in [6.07, 6.45) is 1.23. The number of hydrogen-bond donors (Lipinski definition) is 1. The SMILES string of the molecule is O=C(c1ccc(F)nc1)N1CC(CO)C1. The summed E-state index contributed by atoms with van der Waals surface area (Å²) >= 11 is 0. The van der Waals surface area contributed by atoms with Crippen molar-refractivity contribution < 1.29 is 14.3 Å². The van der Waals surface area contributed by atoms with E-state index in [1.54, 1.807) is 4.90 Å². The van der Waals surface area contributed by atoms with E-state index in [0.717, 1.165) is 6.07 Å². The van der Waals surface area contributed by atoms with Crippen LogP contribution in [-0.2, 0) is 0 Å². The topological polar surface area (TPSA) is 53.4 Å². The Balaban J connectivity index is 2.00. The minimum absolute atomic E-state index is 0.103. The van der Waals surface area contributed by atoms with E-state index in [9.17, 15) is 9.18 Å². The predicted molar refractivity (Wildman–Crippen MR) is 50.7 cm³/mol. The first-order valence-corrected chi connectivity index (χ1v) is 4.72. The van der Waals surface area contributed by atoms with Crippen molar-refractivity contribution >= 4 is 5.91 Å². The average Bonchev–Trinajstić information content (AvgIpc) is 2.17. The molecule has 2 rings (SSSR count). The van der Waals surface area contributed by atoms with Crippen molar-refractivity contribution in [1.82, 2.24) is 9.88 Å². The molecule has 0 radical (unpaired) electrons. The second-order valence-electron chi connectivity index (χ2n) is 3.63. The van der Waals surface area contributed by atoms with Gasteiger partial charge in [-0.1, -0.05) is 0 Å². The number of hydrogen-bond acceptors (Lipinski definition) is 3. The van der Waals surface area contributed by atoms with E-state index in [4.69, 9.17) is 5.11 Å². The van der Waals surface area contributed by atoms with Gasteiger partial charge in [-0.15, -0.1) is 0 Å². The summed E-state index contributed by atoms with van der Waals surface area (Å²) in [5.41, 5.74) is 0.382. The van der Waals surface area contributed by atoms with Crippen molar-refractivity contribution in [2.45, 2.75) is 0 Å². The molecule has 5 heteroatoms. The number of pyridine rings is 1. The number of rotatable bonds is 2. The van der Waals surface area contributed by atoms with Gasteiger partial charge in [-0.3, -0.25) is 4.79 Å². The Morgan fingerprint density at radius 1 is 1.60 bits per heavy atom. The molecule has 0 aliphatic carbocycles. The highest BCUT2D eigenvalue weighted by atomic mass is 19.1. The number of nitrogens with zero attached hydrogens (tertiary/aromatic N) is 2. The van der Waals surface area contributed by atoms with E-state index < -0.39 is 5.95 Å². The molecule has 1 saturated heterocycles. The molecule has 0 saturated carbocycles. The van der Waals surface area contributed by atoms with Gasteiger partial charge in [0.1, 0.15) is 0 Å². The van der Waals surface area contributed by atoms with Crippen LogP contribution >= 0.6 is 0 Å². The quantitative estimate of drug-likeness (QED) is 0.713. The van der Waals surface area contributed by atoms with E-state index in [0.29, 0.717) is 18.7 Å². The van der Waals surface area contributed by atoms with Crippen molar-refractivity contribution in [1.29, 1.82) is 0 Å². The molecule has 1 aliphatic heterocycles. The van der Waals surface area contributed by atoms with Crippen molar-refractivity contribution in [2.24, 2.45) is 5.92 Å². The normalized spacial score (nSPS) is 16.3. The molecule has 0 atom stereocenters. The Kier molecular flexibility index (Phi) is 2.64. The van der Waals surface area contributed by atoms with E-state index in [-0.39, 0.29) is 18.4 Å². The molecule has 1 aromatic heterocycles. The molecule has 1 aromatic rings. The zero-order chi connectivity index (χ0) is 10.8. The van der Waals surface area contributed by atoms with Crippen molar-refractivity contribution in [3.63, 3.8) is 0 Å². The summed E-state index contributed by atoms with van der Waals surface area (Å²) < 4.78 is 12.5. The molecule has 0 unspecified atom stereocenters. The molecule has 0 bridgehead atoms. The molecule has 0 spiro atoms. The highest BCUT2D eigenvalue weighted by Gasteiger charge is 2.30. The summed E-state index contributed by atoms with van der Waals surface area (Å²) in [6, 6.07) is 2.58. The standard InChI is InChI=1S/C10H11FN2O2/c11-9-2-1-8(3-12-9)10(15)13-4-7(5-13)6-14/h1-3,7,14H,4-6H2. The van der Waals surface area contributed by atoms with Gasteiger partial charge >= 0.3 is 0 Å². The summed E-state index contributed by atoms with van der Waals surface area (Å²) in [6.45, 7) is 1.23. The molecular weight excluding hydrogens is 199 g/mol. The minimum atomic E-state index is -0.594. The van der Waals surface area contributed by atoms with Crippen LogP contribution in [0.5, 0.6) is 0 Å².